The molecule has 1 aromatic carbocycles. The van der Waals surface area contributed by atoms with Gasteiger partial charge in [-0.3, -0.25) is 0 Å². The van der Waals surface area contributed by atoms with Crippen molar-refractivity contribution >= 4 is 16.9 Å². The fraction of sp³-hybridized carbons (Fsp3) is 0.211. The lowest BCUT2D eigenvalue weighted by molar-refractivity contribution is 0.0467. The van der Waals surface area contributed by atoms with Crippen LogP contribution in [0.3, 0.4) is 0 Å². The van der Waals surface area contributed by atoms with Crippen LogP contribution in [0.25, 0.3) is 16.7 Å². The lowest BCUT2D eigenvalue weighted by Gasteiger charge is -2.21. The second-order valence-corrected chi connectivity index (χ2v) is 6.39. The standard InChI is InChI=1S/C19H19N5O2/c1-13-8-9-16(26-13)19(2,25)11-20-17-15-10-23-24(18(15)22-12-21-17)14-6-4-3-5-7-14/h3-10,12,25H,11H2,1-2H3,(H,20,21,22). The van der Waals surface area contributed by atoms with Gasteiger partial charge in [0.1, 0.15) is 29.3 Å². The number of aliphatic hydroxyl groups is 1. The van der Waals surface area contributed by atoms with Gasteiger partial charge in [0.25, 0.3) is 0 Å². The molecule has 0 aliphatic rings. The predicted molar refractivity (Wildman–Crippen MR) is 98.2 cm³/mol. The van der Waals surface area contributed by atoms with Crippen LogP contribution in [-0.4, -0.2) is 31.4 Å². The van der Waals surface area contributed by atoms with Crippen molar-refractivity contribution in [3.05, 3.63) is 66.5 Å². The number of para-hydroxylation sites is 1. The average Bonchev–Trinajstić information content (AvgIpc) is 3.28. The summed E-state index contributed by atoms with van der Waals surface area (Å²) in [7, 11) is 0. The van der Waals surface area contributed by atoms with Crippen LogP contribution in [0.5, 0.6) is 0 Å². The molecule has 132 valence electrons. The van der Waals surface area contributed by atoms with Crippen molar-refractivity contribution in [3.63, 3.8) is 0 Å². The molecule has 0 fully saturated rings. The number of anilines is 1. The highest BCUT2D eigenvalue weighted by atomic mass is 16.4. The van der Waals surface area contributed by atoms with Crippen LogP contribution in [-0.2, 0) is 5.60 Å². The first-order valence-electron chi connectivity index (χ1n) is 8.32. The topological polar surface area (TPSA) is 89.0 Å². The molecular formula is C19H19N5O2. The van der Waals surface area contributed by atoms with Gasteiger partial charge in [0.05, 0.1) is 23.8 Å². The highest BCUT2D eigenvalue weighted by Gasteiger charge is 2.27. The van der Waals surface area contributed by atoms with E-state index in [2.05, 4.69) is 20.4 Å². The number of aromatic nitrogens is 4. The van der Waals surface area contributed by atoms with Crippen molar-refractivity contribution in [3.8, 4) is 5.69 Å². The van der Waals surface area contributed by atoms with Gasteiger partial charge in [-0.25, -0.2) is 14.6 Å². The fourth-order valence-electron chi connectivity index (χ4n) is 2.81. The molecule has 0 saturated carbocycles. The maximum Gasteiger partial charge on any atom is 0.168 e. The van der Waals surface area contributed by atoms with E-state index in [-0.39, 0.29) is 6.54 Å². The smallest absolute Gasteiger partial charge is 0.168 e. The van der Waals surface area contributed by atoms with E-state index in [0.29, 0.717) is 17.2 Å². The Morgan fingerprint density at radius 3 is 2.69 bits per heavy atom. The molecular weight excluding hydrogens is 330 g/mol. The van der Waals surface area contributed by atoms with E-state index < -0.39 is 5.60 Å². The molecule has 0 spiro atoms. The molecule has 0 aliphatic carbocycles. The Morgan fingerprint density at radius 2 is 1.96 bits per heavy atom. The van der Waals surface area contributed by atoms with Crippen LogP contribution >= 0.6 is 0 Å². The molecule has 0 radical (unpaired) electrons. The van der Waals surface area contributed by atoms with E-state index in [0.717, 1.165) is 16.8 Å². The number of hydrogen-bond donors (Lipinski definition) is 2. The van der Waals surface area contributed by atoms with Crippen LogP contribution < -0.4 is 5.32 Å². The second kappa shape index (κ2) is 6.27. The number of fused-ring (bicyclic) bond motifs is 1. The zero-order chi connectivity index (χ0) is 18.1. The molecule has 1 atom stereocenters. The number of nitrogens with zero attached hydrogens (tertiary/aromatic N) is 4. The Labute approximate surface area is 150 Å². The van der Waals surface area contributed by atoms with Crippen LogP contribution in [0.4, 0.5) is 5.82 Å². The number of nitrogens with one attached hydrogen (secondary N) is 1. The van der Waals surface area contributed by atoms with Gasteiger partial charge in [0, 0.05) is 0 Å². The third-order valence-electron chi connectivity index (χ3n) is 4.24. The zero-order valence-corrected chi connectivity index (χ0v) is 14.5. The van der Waals surface area contributed by atoms with Crippen molar-refractivity contribution in [2.24, 2.45) is 0 Å². The van der Waals surface area contributed by atoms with Crippen molar-refractivity contribution in [1.29, 1.82) is 0 Å². The van der Waals surface area contributed by atoms with Gasteiger partial charge in [0.15, 0.2) is 5.65 Å². The van der Waals surface area contributed by atoms with Gasteiger partial charge in [-0.15, -0.1) is 0 Å². The molecule has 4 aromatic rings. The monoisotopic (exact) mass is 349 g/mol. The predicted octanol–water partition coefficient (Wildman–Crippen LogP) is 3.04. The van der Waals surface area contributed by atoms with Gasteiger partial charge < -0.3 is 14.8 Å². The molecule has 7 nitrogen and oxygen atoms in total. The maximum absolute atomic E-state index is 10.7. The number of rotatable bonds is 5. The summed E-state index contributed by atoms with van der Waals surface area (Å²) in [6.07, 6.45) is 3.20. The number of hydrogen-bond acceptors (Lipinski definition) is 6. The SMILES string of the molecule is Cc1ccc(C(C)(O)CNc2ncnc3c2cnn3-c2ccccc2)o1. The molecule has 1 unspecified atom stereocenters. The van der Waals surface area contributed by atoms with Crippen LogP contribution in [0.1, 0.15) is 18.4 Å². The van der Waals surface area contributed by atoms with E-state index >= 15 is 0 Å². The van der Waals surface area contributed by atoms with Gasteiger partial charge >= 0.3 is 0 Å². The average molecular weight is 349 g/mol. The van der Waals surface area contributed by atoms with Crippen LogP contribution in [0, 0.1) is 6.92 Å². The van der Waals surface area contributed by atoms with Crippen molar-refractivity contribution in [2.45, 2.75) is 19.4 Å². The summed E-state index contributed by atoms with van der Waals surface area (Å²) in [5.74, 6) is 1.88. The number of aryl methyl sites for hydroxylation is 1. The molecule has 7 heteroatoms. The minimum Gasteiger partial charge on any atom is -0.463 e. The summed E-state index contributed by atoms with van der Waals surface area (Å²) in [5.41, 5.74) is 0.452. The number of benzene rings is 1. The molecule has 3 aromatic heterocycles. The minimum atomic E-state index is -1.17. The first kappa shape index (κ1) is 16.3. The Morgan fingerprint density at radius 1 is 1.15 bits per heavy atom. The van der Waals surface area contributed by atoms with E-state index in [1.165, 1.54) is 6.33 Å². The Bertz CT molecular complexity index is 1040. The van der Waals surface area contributed by atoms with Crippen molar-refractivity contribution in [2.75, 3.05) is 11.9 Å². The Balaban J connectivity index is 1.63. The highest BCUT2D eigenvalue weighted by Crippen LogP contribution is 2.26. The molecule has 0 amide bonds. The van der Waals surface area contributed by atoms with Crippen molar-refractivity contribution < 1.29 is 9.52 Å². The molecule has 0 aliphatic heterocycles. The van der Waals surface area contributed by atoms with E-state index in [4.69, 9.17) is 4.42 Å². The molecule has 26 heavy (non-hydrogen) atoms. The third-order valence-corrected chi connectivity index (χ3v) is 4.24. The molecule has 0 bridgehead atoms. The van der Waals surface area contributed by atoms with E-state index in [1.54, 1.807) is 23.9 Å². The summed E-state index contributed by atoms with van der Waals surface area (Å²) in [6.45, 7) is 3.78. The zero-order valence-electron chi connectivity index (χ0n) is 14.5. The van der Waals surface area contributed by atoms with E-state index in [1.807, 2.05) is 43.3 Å². The first-order chi connectivity index (χ1) is 12.5. The minimum absolute atomic E-state index is 0.239. The van der Waals surface area contributed by atoms with Crippen molar-refractivity contribution in [1.82, 2.24) is 19.7 Å². The van der Waals surface area contributed by atoms with Gasteiger partial charge in [-0.05, 0) is 38.1 Å². The van der Waals surface area contributed by atoms with Gasteiger partial charge in [-0.1, -0.05) is 18.2 Å². The summed E-state index contributed by atoms with van der Waals surface area (Å²) >= 11 is 0. The summed E-state index contributed by atoms with van der Waals surface area (Å²) in [6, 6.07) is 13.4. The lowest BCUT2D eigenvalue weighted by Crippen LogP contribution is -2.30. The normalized spacial score (nSPS) is 13.7. The summed E-state index contributed by atoms with van der Waals surface area (Å²) < 4.78 is 7.31. The van der Waals surface area contributed by atoms with Gasteiger partial charge in [0.2, 0.25) is 0 Å². The lowest BCUT2D eigenvalue weighted by atomic mass is 10.0. The maximum atomic E-state index is 10.7. The molecule has 3 heterocycles. The third kappa shape index (κ3) is 2.93. The Kier molecular flexibility index (Phi) is 3.93. The van der Waals surface area contributed by atoms with Crippen LogP contribution in [0.15, 0.2) is 59.4 Å². The van der Waals surface area contributed by atoms with Gasteiger partial charge in [-0.2, -0.15) is 5.10 Å². The second-order valence-electron chi connectivity index (χ2n) is 6.39. The molecule has 2 N–H and O–H groups in total. The number of furan rings is 1. The fourth-order valence-corrected chi connectivity index (χ4v) is 2.81. The first-order valence-corrected chi connectivity index (χ1v) is 8.32. The molecule has 4 rings (SSSR count). The highest BCUT2D eigenvalue weighted by molar-refractivity contribution is 5.87. The largest absolute Gasteiger partial charge is 0.463 e. The van der Waals surface area contributed by atoms with E-state index in [9.17, 15) is 5.11 Å². The summed E-state index contributed by atoms with van der Waals surface area (Å²) in [5, 5.41) is 19.1. The Hall–Kier alpha value is -3.19. The van der Waals surface area contributed by atoms with Crippen LogP contribution in [0.2, 0.25) is 0 Å². The quantitative estimate of drug-likeness (QED) is 0.576. The summed E-state index contributed by atoms with van der Waals surface area (Å²) in [4.78, 5) is 8.65. The molecule has 0 saturated heterocycles.